The minimum absolute atomic E-state index is 0.0316. The number of esters is 2. The lowest BCUT2D eigenvalue weighted by Crippen LogP contribution is -2.79. The predicted octanol–water partition coefficient (Wildman–Crippen LogP) is 4.21. The Hall–Kier alpha value is -2.24. The number of hydrogen-bond acceptors (Lipinski definition) is 14. The zero-order valence-corrected chi connectivity index (χ0v) is 35.3. The van der Waals surface area contributed by atoms with Gasteiger partial charge in [-0.3, -0.25) is 4.79 Å². The quantitative estimate of drug-likeness (QED) is 0.194. The lowest BCUT2D eigenvalue weighted by Gasteiger charge is -2.69. The molecule has 0 spiro atoms. The molecule has 0 radical (unpaired) electrons. The Morgan fingerprint density at radius 3 is 2.16 bits per heavy atom. The van der Waals surface area contributed by atoms with Gasteiger partial charge in [0.2, 0.25) is 0 Å². The van der Waals surface area contributed by atoms with Crippen LogP contribution in [0.4, 0.5) is 0 Å². The highest BCUT2D eigenvalue weighted by atomic mass is 16.7. The van der Waals surface area contributed by atoms with E-state index in [1.54, 1.807) is 65.3 Å². The largest absolute Gasteiger partial charge is 0.462 e. The van der Waals surface area contributed by atoms with Crippen LogP contribution in [0.5, 0.6) is 0 Å². The van der Waals surface area contributed by atoms with Crippen molar-refractivity contribution < 1.29 is 67.9 Å². The molecule has 0 amide bonds. The number of aliphatic hydroxyl groups excluding tert-OH is 1. The van der Waals surface area contributed by atoms with E-state index in [4.69, 9.17) is 37.9 Å². The van der Waals surface area contributed by atoms with Crippen molar-refractivity contribution in [2.75, 3.05) is 14.2 Å². The first-order valence-electron chi connectivity index (χ1n) is 21.3. The Kier molecular flexibility index (Phi) is 12.3. The van der Waals surface area contributed by atoms with Crippen LogP contribution in [0.1, 0.15) is 116 Å². The normalized spacial score (nSPS) is 48.2. The van der Waals surface area contributed by atoms with Crippen LogP contribution < -0.4 is 0 Å². The summed E-state index contributed by atoms with van der Waals surface area (Å²) in [4.78, 5) is 26.0. The Balaban J connectivity index is 1.05. The summed E-state index contributed by atoms with van der Waals surface area (Å²) < 4.78 is 48.8. The van der Waals surface area contributed by atoms with Crippen molar-refractivity contribution in [2.24, 2.45) is 22.7 Å². The van der Waals surface area contributed by atoms with Crippen molar-refractivity contribution in [1.29, 1.82) is 0 Å². The van der Waals surface area contributed by atoms with E-state index >= 15 is 0 Å². The van der Waals surface area contributed by atoms with Crippen molar-refractivity contribution in [3.63, 3.8) is 0 Å². The maximum atomic E-state index is 13.2. The number of fused-ring (bicyclic) bond motifs is 5. The SMILES string of the molecule is CO[C@H]1C[C@H](O[C@H]2CC[C@@]3(C)[C@@H](CC[C@]4(O)[C@@H]3C[C@@H](OC(C)=O)[C@@]3(C)[C@]4(O)CC[C@@]3(O)[C@H](C)OC(=O)c3ccccc3)C2)O[C@H](C)[C@H]1O[C@H]1C[C@@H](OC)[C@H](O)[C@@H](C)O1. The monoisotopic (exact) mass is 818 g/mol. The first-order chi connectivity index (χ1) is 27.3. The molecule has 2 heterocycles. The summed E-state index contributed by atoms with van der Waals surface area (Å²) in [5.41, 5.74) is -7.00. The Bertz CT molecular complexity index is 1630. The third-order valence-corrected chi connectivity index (χ3v) is 16.0. The van der Waals surface area contributed by atoms with Crippen LogP contribution in [-0.2, 0) is 42.7 Å². The molecule has 14 nitrogen and oxygen atoms in total. The summed E-state index contributed by atoms with van der Waals surface area (Å²) in [6.45, 7) is 10.5. The molecule has 14 heteroatoms. The lowest BCUT2D eigenvalue weighted by atomic mass is 9.40. The highest BCUT2D eigenvalue weighted by Gasteiger charge is 2.82. The van der Waals surface area contributed by atoms with Gasteiger partial charge in [0.1, 0.15) is 35.6 Å². The summed E-state index contributed by atoms with van der Waals surface area (Å²) >= 11 is 0. The van der Waals surface area contributed by atoms with Gasteiger partial charge in [0, 0.05) is 34.0 Å². The molecule has 1 aromatic carbocycles. The molecule has 0 bridgehead atoms. The number of methoxy groups -OCH3 is 2. The van der Waals surface area contributed by atoms with Gasteiger partial charge in [-0.2, -0.15) is 0 Å². The van der Waals surface area contributed by atoms with Gasteiger partial charge in [0.25, 0.3) is 0 Å². The second-order valence-electron chi connectivity index (χ2n) is 18.6. The fourth-order valence-corrected chi connectivity index (χ4v) is 12.5. The van der Waals surface area contributed by atoms with Gasteiger partial charge in [0.15, 0.2) is 12.6 Å². The van der Waals surface area contributed by atoms with Crippen LogP contribution >= 0.6 is 0 Å². The minimum Gasteiger partial charge on any atom is -0.462 e. The molecule has 4 N–H and O–H groups in total. The second-order valence-corrected chi connectivity index (χ2v) is 18.6. The molecule has 18 atom stereocenters. The maximum Gasteiger partial charge on any atom is 0.338 e. The molecule has 4 aliphatic carbocycles. The van der Waals surface area contributed by atoms with Crippen LogP contribution in [-0.4, -0.2) is 131 Å². The van der Waals surface area contributed by atoms with Gasteiger partial charge in [0.05, 0.1) is 47.1 Å². The third-order valence-electron chi connectivity index (χ3n) is 16.0. The zero-order chi connectivity index (χ0) is 42.0. The molecular weight excluding hydrogens is 752 g/mol. The maximum absolute atomic E-state index is 13.2. The standard InChI is InChI=1S/C44H66O14/c1-24-37(46)31(51-7)21-36(53-24)58-38-25(2)54-35(22-32(38)52-8)57-30-15-16-40(5)29(20-30)14-17-43(49)33(40)23-34(56-27(4)45)41(6)42(48,18-19-44(41,43)50)26(3)55-39(47)28-12-10-9-11-13-28/h9-13,24-26,29-38,46,48-50H,14-23H2,1-8H3/t24-,25-,26+,29+,30+,31-,32+,33-,34-,35+,36+,37-,38-,40+,41-,42-,43+,44-/m1/s1. The van der Waals surface area contributed by atoms with E-state index < -0.39 is 94.7 Å². The predicted molar refractivity (Wildman–Crippen MR) is 207 cm³/mol. The molecule has 4 saturated carbocycles. The van der Waals surface area contributed by atoms with Crippen LogP contribution in [0.2, 0.25) is 0 Å². The van der Waals surface area contributed by atoms with Gasteiger partial charge in [-0.15, -0.1) is 0 Å². The first-order valence-corrected chi connectivity index (χ1v) is 21.3. The van der Waals surface area contributed by atoms with E-state index in [1.165, 1.54) is 6.92 Å². The van der Waals surface area contributed by atoms with Crippen molar-refractivity contribution in [1.82, 2.24) is 0 Å². The lowest BCUT2D eigenvalue weighted by molar-refractivity contribution is -0.344. The number of rotatable bonds is 10. The van der Waals surface area contributed by atoms with Crippen LogP contribution in [0, 0.1) is 22.7 Å². The molecular formula is C44H66O14. The van der Waals surface area contributed by atoms with Gasteiger partial charge < -0.3 is 58.3 Å². The van der Waals surface area contributed by atoms with Crippen LogP contribution in [0.15, 0.2) is 30.3 Å². The summed E-state index contributed by atoms with van der Waals surface area (Å²) in [5, 5.41) is 49.1. The minimum atomic E-state index is -1.86. The van der Waals surface area contributed by atoms with Crippen molar-refractivity contribution in [3.05, 3.63) is 35.9 Å². The topological polar surface area (TPSA) is 189 Å². The van der Waals surface area contributed by atoms with E-state index in [0.29, 0.717) is 44.1 Å². The average Bonchev–Trinajstić information content (AvgIpc) is 3.42. The fourth-order valence-electron chi connectivity index (χ4n) is 12.5. The Morgan fingerprint density at radius 1 is 0.828 bits per heavy atom. The number of carbonyl (C=O) groups excluding carboxylic acids is 2. The summed E-state index contributed by atoms with van der Waals surface area (Å²) in [6.07, 6.45) is -1.96. The molecule has 326 valence electrons. The molecule has 7 rings (SSSR count). The van der Waals surface area contributed by atoms with Gasteiger partial charge in [-0.1, -0.05) is 32.0 Å². The number of aliphatic hydroxyl groups is 4. The second kappa shape index (κ2) is 16.2. The molecule has 6 fully saturated rings. The van der Waals surface area contributed by atoms with Crippen molar-refractivity contribution in [2.45, 2.75) is 190 Å². The number of hydrogen-bond donors (Lipinski definition) is 4. The molecule has 1 aromatic rings. The summed E-state index contributed by atoms with van der Waals surface area (Å²) in [6, 6.07) is 8.50. The van der Waals surface area contributed by atoms with Crippen molar-refractivity contribution in [3.8, 4) is 0 Å². The third kappa shape index (κ3) is 7.04. The van der Waals surface area contributed by atoms with E-state index in [9.17, 15) is 30.0 Å². The Morgan fingerprint density at radius 2 is 1.48 bits per heavy atom. The van der Waals surface area contributed by atoms with E-state index in [2.05, 4.69) is 6.92 Å². The highest BCUT2D eigenvalue weighted by Crippen LogP contribution is 2.72. The van der Waals surface area contributed by atoms with E-state index in [1.807, 2.05) is 6.92 Å². The number of ether oxygens (including phenoxy) is 8. The smallest absolute Gasteiger partial charge is 0.338 e. The first kappa shape index (κ1) is 43.8. The van der Waals surface area contributed by atoms with Gasteiger partial charge in [-0.25, -0.2) is 4.79 Å². The molecule has 2 saturated heterocycles. The van der Waals surface area contributed by atoms with E-state index in [-0.39, 0.29) is 49.9 Å². The molecule has 58 heavy (non-hydrogen) atoms. The fraction of sp³-hybridized carbons (Fsp3) is 0.818. The number of benzene rings is 1. The van der Waals surface area contributed by atoms with Crippen LogP contribution in [0.25, 0.3) is 0 Å². The van der Waals surface area contributed by atoms with Gasteiger partial charge in [-0.05, 0) is 102 Å². The average molecular weight is 819 g/mol. The highest BCUT2D eigenvalue weighted by molar-refractivity contribution is 5.89. The summed E-state index contributed by atoms with van der Waals surface area (Å²) in [5.74, 6) is -1.51. The molecule has 0 aromatic heterocycles. The van der Waals surface area contributed by atoms with E-state index in [0.717, 1.165) is 0 Å². The summed E-state index contributed by atoms with van der Waals surface area (Å²) in [7, 11) is 3.21. The van der Waals surface area contributed by atoms with Crippen LogP contribution in [0.3, 0.4) is 0 Å². The number of carbonyl (C=O) groups is 2. The van der Waals surface area contributed by atoms with Crippen molar-refractivity contribution >= 4 is 11.9 Å². The molecule has 6 aliphatic rings. The Labute approximate surface area is 342 Å². The molecule has 2 aliphatic heterocycles. The molecule has 0 unspecified atom stereocenters. The zero-order valence-electron chi connectivity index (χ0n) is 35.3. The van der Waals surface area contributed by atoms with Gasteiger partial charge >= 0.3 is 11.9 Å².